The molecule has 0 N–H and O–H groups in total. The van der Waals surface area contributed by atoms with Crippen LogP contribution in [-0.2, 0) is 6.42 Å². The summed E-state index contributed by atoms with van der Waals surface area (Å²) in [5, 5.41) is 9.50. The van der Waals surface area contributed by atoms with Crippen LogP contribution in [0.1, 0.15) is 55.7 Å². The van der Waals surface area contributed by atoms with Crippen LogP contribution < -0.4 is 4.74 Å². The van der Waals surface area contributed by atoms with Crippen molar-refractivity contribution in [3.05, 3.63) is 65.2 Å². The van der Waals surface area contributed by atoms with Crippen molar-refractivity contribution in [3.8, 4) is 11.8 Å². The molecule has 2 aromatic carbocycles. The Labute approximate surface area is 150 Å². The molecule has 0 aliphatic rings. The van der Waals surface area contributed by atoms with E-state index in [0.29, 0.717) is 16.4 Å². The lowest BCUT2D eigenvalue weighted by Crippen LogP contribution is -2.08. The normalized spacial score (nSPS) is 10.2. The van der Waals surface area contributed by atoms with Crippen molar-refractivity contribution in [2.24, 2.45) is 0 Å². The molecule has 0 aliphatic heterocycles. The van der Waals surface area contributed by atoms with Gasteiger partial charge in [0.25, 0.3) is 0 Å². The van der Waals surface area contributed by atoms with Crippen LogP contribution in [0.25, 0.3) is 0 Å². The van der Waals surface area contributed by atoms with Crippen LogP contribution >= 0.6 is 12.2 Å². The van der Waals surface area contributed by atoms with Crippen molar-refractivity contribution in [1.29, 1.82) is 5.26 Å². The van der Waals surface area contributed by atoms with Gasteiger partial charge in [-0.3, -0.25) is 0 Å². The molecule has 0 saturated carbocycles. The minimum atomic E-state index is 0.396. The largest absolute Gasteiger partial charge is 0.444 e. The molecule has 0 aromatic heterocycles. The van der Waals surface area contributed by atoms with Crippen LogP contribution in [0.4, 0.5) is 0 Å². The molecule has 124 valence electrons. The topological polar surface area (TPSA) is 33.0 Å². The van der Waals surface area contributed by atoms with Gasteiger partial charge in [-0.1, -0.05) is 69.0 Å². The van der Waals surface area contributed by atoms with Gasteiger partial charge in [0, 0.05) is 5.56 Å². The van der Waals surface area contributed by atoms with Gasteiger partial charge >= 0.3 is 0 Å². The van der Waals surface area contributed by atoms with Gasteiger partial charge in [0.2, 0.25) is 0 Å². The van der Waals surface area contributed by atoms with E-state index < -0.39 is 0 Å². The molecule has 24 heavy (non-hydrogen) atoms. The quantitative estimate of drug-likeness (QED) is 0.449. The van der Waals surface area contributed by atoms with E-state index in [1.54, 1.807) is 12.1 Å². The third kappa shape index (κ3) is 5.47. The van der Waals surface area contributed by atoms with Gasteiger partial charge in [0.1, 0.15) is 11.8 Å². The van der Waals surface area contributed by atoms with Crippen molar-refractivity contribution in [3.63, 3.8) is 0 Å². The summed E-state index contributed by atoms with van der Waals surface area (Å²) in [5.41, 5.74) is 2.69. The average Bonchev–Trinajstić information content (AvgIpc) is 2.62. The summed E-state index contributed by atoms with van der Waals surface area (Å²) < 4.78 is 5.70. The van der Waals surface area contributed by atoms with Crippen LogP contribution in [0.3, 0.4) is 0 Å². The lowest BCUT2D eigenvalue weighted by molar-refractivity contribution is 0.564. The number of unbranched alkanes of at least 4 members (excludes halogenated alkanes) is 4. The number of nitrogens with zero attached hydrogens (tertiary/aromatic N) is 1. The number of benzene rings is 2. The SMILES string of the molecule is CCCCCCCc1ccc(C(=S)Oc2ccccc2C#N)cc1. The number of thiocarbonyl (C=S) groups is 1. The third-order valence-corrected chi connectivity index (χ3v) is 4.29. The number of hydrogen-bond donors (Lipinski definition) is 0. The lowest BCUT2D eigenvalue weighted by atomic mass is 10.0. The van der Waals surface area contributed by atoms with Gasteiger partial charge < -0.3 is 4.74 Å². The van der Waals surface area contributed by atoms with Crippen LogP contribution in [0.15, 0.2) is 48.5 Å². The van der Waals surface area contributed by atoms with E-state index in [2.05, 4.69) is 25.1 Å². The summed E-state index contributed by atoms with van der Waals surface area (Å²) >= 11 is 5.36. The van der Waals surface area contributed by atoms with Gasteiger partial charge in [-0.2, -0.15) is 5.26 Å². The van der Waals surface area contributed by atoms with Crippen molar-refractivity contribution >= 4 is 17.3 Å². The highest BCUT2D eigenvalue weighted by Gasteiger charge is 2.08. The fourth-order valence-electron chi connectivity index (χ4n) is 2.55. The smallest absolute Gasteiger partial charge is 0.198 e. The molecule has 2 nitrogen and oxygen atoms in total. The minimum absolute atomic E-state index is 0.396. The van der Waals surface area contributed by atoms with Crippen molar-refractivity contribution in [2.75, 3.05) is 0 Å². The first-order chi connectivity index (χ1) is 11.7. The van der Waals surface area contributed by atoms with E-state index in [1.165, 1.54) is 37.7 Å². The highest BCUT2D eigenvalue weighted by Crippen LogP contribution is 2.19. The maximum Gasteiger partial charge on any atom is 0.198 e. The van der Waals surface area contributed by atoms with Gasteiger partial charge in [-0.25, -0.2) is 0 Å². The molecule has 3 heteroatoms. The van der Waals surface area contributed by atoms with E-state index >= 15 is 0 Å². The van der Waals surface area contributed by atoms with E-state index in [0.717, 1.165) is 12.0 Å². The number of ether oxygens (including phenoxy) is 1. The van der Waals surface area contributed by atoms with Crippen molar-refractivity contribution in [2.45, 2.75) is 45.4 Å². The molecule has 0 spiro atoms. The lowest BCUT2D eigenvalue weighted by Gasteiger charge is -2.09. The number of nitriles is 1. The molecule has 0 fully saturated rings. The number of hydrogen-bond acceptors (Lipinski definition) is 3. The Balaban J connectivity index is 1.90. The molecule has 0 bridgehead atoms. The molecule has 0 aliphatic carbocycles. The second-order valence-corrected chi connectivity index (χ2v) is 6.23. The van der Waals surface area contributed by atoms with Gasteiger partial charge in [0.15, 0.2) is 5.05 Å². The fourth-order valence-corrected chi connectivity index (χ4v) is 2.77. The summed E-state index contributed by atoms with van der Waals surface area (Å²) in [6.45, 7) is 2.23. The second-order valence-electron chi connectivity index (χ2n) is 5.86. The Morgan fingerprint density at radius 1 is 1.00 bits per heavy atom. The predicted octanol–water partition coefficient (Wildman–Crippen LogP) is 5.83. The Morgan fingerprint density at radius 2 is 1.71 bits per heavy atom. The van der Waals surface area contributed by atoms with Crippen LogP contribution in [0, 0.1) is 11.3 Å². The molecule has 0 amide bonds. The first kappa shape index (κ1) is 18.2. The van der Waals surface area contributed by atoms with E-state index in [-0.39, 0.29) is 0 Å². The van der Waals surface area contributed by atoms with E-state index in [4.69, 9.17) is 22.2 Å². The summed E-state index contributed by atoms with van der Waals surface area (Å²) in [6, 6.07) is 17.5. The maximum absolute atomic E-state index is 9.10. The molecular weight excluding hydrogens is 314 g/mol. The van der Waals surface area contributed by atoms with E-state index in [1.807, 2.05) is 24.3 Å². The monoisotopic (exact) mass is 337 g/mol. The summed E-state index contributed by atoms with van der Waals surface area (Å²) in [4.78, 5) is 0. The molecule has 0 heterocycles. The zero-order chi connectivity index (χ0) is 17.2. The first-order valence-corrected chi connectivity index (χ1v) is 8.95. The minimum Gasteiger partial charge on any atom is -0.444 e. The standard InChI is InChI=1S/C21H23NOS/c1-2-3-4-5-6-9-17-12-14-18(15-13-17)21(24)23-20-11-8-7-10-19(20)16-22/h7-8,10-15H,2-6,9H2,1H3. The van der Waals surface area contributed by atoms with Crippen LogP contribution in [0.2, 0.25) is 0 Å². The van der Waals surface area contributed by atoms with Gasteiger partial charge in [-0.15, -0.1) is 0 Å². The molecule has 2 rings (SSSR count). The van der Waals surface area contributed by atoms with Crippen LogP contribution in [-0.4, -0.2) is 5.05 Å². The zero-order valence-corrected chi connectivity index (χ0v) is 14.9. The van der Waals surface area contributed by atoms with E-state index in [9.17, 15) is 0 Å². The Hall–Kier alpha value is -2.18. The molecule has 0 atom stereocenters. The summed E-state index contributed by atoms with van der Waals surface area (Å²) in [5.74, 6) is 0.505. The second kappa shape index (κ2) is 9.85. The molecular formula is C21H23NOS. The fraction of sp³-hybridized carbons (Fsp3) is 0.333. The first-order valence-electron chi connectivity index (χ1n) is 8.55. The van der Waals surface area contributed by atoms with Crippen molar-refractivity contribution < 1.29 is 4.74 Å². The maximum atomic E-state index is 9.10. The number of para-hydroxylation sites is 1. The predicted molar refractivity (Wildman–Crippen MR) is 102 cm³/mol. The van der Waals surface area contributed by atoms with Crippen LogP contribution in [0.5, 0.6) is 5.75 Å². The Morgan fingerprint density at radius 3 is 2.42 bits per heavy atom. The van der Waals surface area contributed by atoms with Crippen molar-refractivity contribution in [1.82, 2.24) is 0 Å². The molecule has 0 unspecified atom stereocenters. The number of rotatable bonds is 8. The summed E-state index contributed by atoms with van der Waals surface area (Å²) in [6.07, 6.45) is 7.56. The molecule has 0 radical (unpaired) electrons. The Kier molecular flexibility index (Phi) is 7.45. The Bertz CT molecular complexity index is 701. The average molecular weight is 337 g/mol. The van der Waals surface area contributed by atoms with Gasteiger partial charge in [-0.05, 0) is 42.8 Å². The highest BCUT2D eigenvalue weighted by molar-refractivity contribution is 7.80. The molecule has 0 saturated heterocycles. The summed E-state index contributed by atoms with van der Waals surface area (Å²) in [7, 11) is 0. The third-order valence-electron chi connectivity index (χ3n) is 3.97. The highest BCUT2D eigenvalue weighted by atomic mass is 32.1. The zero-order valence-electron chi connectivity index (χ0n) is 14.1. The number of aryl methyl sites for hydroxylation is 1. The van der Waals surface area contributed by atoms with Gasteiger partial charge in [0.05, 0.1) is 5.56 Å². The molecule has 2 aromatic rings.